The number of aromatic amines is 1. The number of benzene rings is 1. The number of Topliss-reactive ketones (excluding diaryl/α,β-unsaturated/α-hetero) is 1. The zero-order chi connectivity index (χ0) is 25.3. The number of halogens is 2. The number of para-hydroxylation sites is 1. The number of fused-ring (bicyclic) bond motifs is 1. The summed E-state index contributed by atoms with van der Waals surface area (Å²) in [5.74, 6) is -2.77. The SMILES string of the molecule is CC(C)OC(=O)[C@H](CCC(=O)C=[N+]=[N-])NC(=O)[C@H](Cc1c[nH]c2ccccc12)NC(=O)C(Cl)Cl. The summed E-state index contributed by atoms with van der Waals surface area (Å²) < 4.78 is 5.19. The van der Waals surface area contributed by atoms with Crippen LogP contribution in [0.2, 0.25) is 0 Å². The van der Waals surface area contributed by atoms with Crippen molar-refractivity contribution < 1.29 is 28.7 Å². The van der Waals surface area contributed by atoms with Crippen LogP contribution >= 0.6 is 23.2 Å². The van der Waals surface area contributed by atoms with Gasteiger partial charge in [-0.3, -0.25) is 14.4 Å². The molecule has 2 atom stereocenters. The fraction of sp³-hybridized carbons (Fsp3) is 0.409. The van der Waals surface area contributed by atoms with Crippen LogP contribution in [0.15, 0.2) is 30.5 Å². The second kappa shape index (κ2) is 12.9. The fourth-order valence-electron chi connectivity index (χ4n) is 3.22. The standard InChI is InChI=1S/C22H25Cl2N5O5/c1-12(2)34-22(33)17(8-7-14(30)11-27-25)28-20(31)18(29-21(32)19(23)24)9-13-10-26-16-6-4-3-5-15(13)16/h3-6,10-12,17-19,26H,7-9H2,1-2H3,(H,28,31)(H,29,32)/t17-,18-/m0/s1. The molecule has 0 fully saturated rings. The van der Waals surface area contributed by atoms with Crippen LogP contribution in [0.25, 0.3) is 16.4 Å². The molecule has 2 aromatic rings. The van der Waals surface area contributed by atoms with Gasteiger partial charge in [-0.2, -0.15) is 4.79 Å². The minimum atomic E-state index is -1.41. The molecule has 12 heteroatoms. The molecule has 0 aliphatic rings. The molecule has 10 nitrogen and oxygen atoms in total. The number of carbonyl (C=O) groups is 4. The number of ketones is 1. The Morgan fingerprint density at radius 2 is 1.79 bits per heavy atom. The smallest absolute Gasteiger partial charge is 0.328 e. The van der Waals surface area contributed by atoms with Crippen molar-refractivity contribution in [2.45, 2.75) is 56.1 Å². The molecule has 1 aromatic carbocycles. The first-order valence-corrected chi connectivity index (χ1v) is 11.3. The second-order valence-electron chi connectivity index (χ2n) is 7.72. The number of carbonyl (C=O) groups excluding carboxylic acids is 4. The number of nitrogens with zero attached hydrogens (tertiary/aromatic N) is 2. The molecule has 2 amide bonds. The van der Waals surface area contributed by atoms with Gasteiger partial charge in [0.2, 0.25) is 11.7 Å². The Balaban J connectivity index is 2.26. The third-order valence-electron chi connectivity index (χ3n) is 4.76. The van der Waals surface area contributed by atoms with Crippen LogP contribution in [0.5, 0.6) is 0 Å². The molecule has 0 spiro atoms. The van der Waals surface area contributed by atoms with Crippen molar-refractivity contribution in [2.24, 2.45) is 0 Å². The van der Waals surface area contributed by atoms with Gasteiger partial charge in [0, 0.05) is 29.9 Å². The largest absolute Gasteiger partial charge is 0.461 e. The van der Waals surface area contributed by atoms with Gasteiger partial charge in [-0.1, -0.05) is 41.4 Å². The third kappa shape index (κ3) is 7.98. The number of hydrogen-bond donors (Lipinski definition) is 3. The third-order valence-corrected chi connectivity index (χ3v) is 5.16. The van der Waals surface area contributed by atoms with E-state index >= 15 is 0 Å². The summed E-state index contributed by atoms with van der Waals surface area (Å²) in [7, 11) is 0. The first-order valence-electron chi connectivity index (χ1n) is 10.5. The van der Waals surface area contributed by atoms with E-state index in [-0.39, 0.29) is 19.3 Å². The van der Waals surface area contributed by atoms with Gasteiger partial charge in [0.1, 0.15) is 12.1 Å². The van der Waals surface area contributed by atoms with Gasteiger partial charge >= 0.3 is 12.2 Å². The number of alkyl halides is 2. The van der Waals surface area contributed by atoms with E-state index in [9.17, 15) is 19.2 Å². The fourth-order valence-corrected chi connectivity index (χ4v) is 3.34. The van der Waals surface area contributed by atoms with Crippen molar-refractivity contribution in [2.75, 3.05) is 0 Å². The Morgan fingerprint density at radius 1 is 1.12 bits per heavy atom. The van der Waals surface area contributed by atoms with Gasteiger partial charge in [-0.05, 0) is 31.9 Å². The van der Waals surface area contributed by atoms with E-state index in [1.807, 2.05) is 24.3 Å². The molecule has 3 N–H and O–H groups in total. The normalized spacial score (nSPS) is 12.6. The van der Waals surface area contributed by atoms with Crippen molar-refractivity contribution in [1.82, 2.24) is 15.6 Å². The Labute approximate surface area is 205 Å². The lowest BCUT2D eigenvalue weighted by atomic mass is 10.0. The Kier molecular flexibility index (Phi) is 10.2. The molecule has 1 heterocycles. The molecular formula is C22H25Cl2N5O5. The lowest BCUT2D eigenvalue weighted by Crippen LogP contribution is -2.53. The van der Waals surface area contributed by atoms with Crippen molar-refractivity contribution in [3.8, 4) is 0 Å². The van der Waals surface area contributed by atoms with Gasteiger partial charge in [0.15, 0.2) is 4.84 Å². The van der Waals surface area contributed by atoms with Gasteiger partial charge < -0.3 is 25.9 Å². The molecule has 34 heavy (non-hydrogen) atoms. The summed E-state index contributed by atoms with van der Waals surface area (Å²) in [6.07, 6.45) is 1.73. The number of rotatable bonds is 12. The van der Waals surface area contributed by atoms with E-state index in [0.717, 1.165) is 16.5 Å². The van der Waals surface area contributed by atoms with Crippen molar-refractivity contribution in [3.05, 3.63) is 41.6 Å². The minimum absolute atomic E-state index is 0.0735. The van der Waals surface area contributed by atoms with Gasteiger partial charge in [0.05, 0.1) is 6.10 Å². The number of hydrogen-bond acceptors (Lipinski definition) is 5. The molecule has 182 valence electrons. The molecule has 0 radical (unpaired) electrons. The van der Waals surface area contributed by atoms with Crippen LogP contribution in [0.4, 0.5) is 0 Å². The lowest BCUT2D eigenvalue weighted by Gasteiger charge is -2.23. The highest BCUT2D eigenvalue weighted by Crippen LogP contribution is 2.19. The number of nitrogens with one attached hydrogen (secondary N) is 3. The van der Waals surface area contributed by atoms with E-state index in [1.54, 1.807) is 20.0 Å². The van der Waals surface area contributed by atoms with Crippen LogP contribution in [-0.4, -0.2) is 62.6 Å². The van der Waals surface area contributed by atoms with Crippen LogP contribution < -0.4 is 10.6 Å². The Bertz CT molecular complexity index is 1090. The second-order valence-corrected chi connectivity index (χ2v) is 8.82. The molecule has 0 aliphatic carbocycles. The Hall–Kier alpha value is -3.20. The van der Waals surface area contributed by atoms with Crippen molar-refractivity contribution in [1.29, 1.82) is 0 Å². The molecule has 0 aliphatic heterocycles. The summed E-state index contributed by atoms with van der Waals surface area (Å²) in [5.41, 5.74) is 10.1. The van der Waals surface area contributed by atoms with E-state index in [2.05, 4.69) is 20.4 Å². The summed E-state index contributed by atoms with van der Waals surface area (Å²) in [4.78, 5) is 53.9. The maximum Gasteiger partial charge on any atom is 0.328 e. The van der Waals surface area contributed by atoms with E-state index < -0.39 is 46.6 Å². The highest BCUT2D eigenvalue weighted by Gasteiger charge is 2.30. The van der Waals surface area contributed by atoms with Gasteiger partial charge in [-0.25, -0.2) is 4.79 Å². The van der Waals surface area contributed by atoms with Crippen LogP contribution in [0, 0.1) is 0 Å². The maximum atomic E-state index is 13.2. The number of esters is 1. The molecular weight excluding hydrogens is 485 g/mol. The van der Waals surface area contributed by atoms with E-state index in [0.29, 0.717) is 6.21 Å². The molecule has 1 aromatic heterocycles. The Morgan fingerprint density at radius 3 is 2.44 bits per heavy atom. The minimum Gasteiger partial charge on any atom is -0.461 e. The quantitative estimate of drug-likeness (QED) is 0.131. The average molecular weight is 510 g/mol. The molecule has 0 saturated carbocycles. The van der Waals surface area contributed by atoms with Gasteiger partial charge in [-0.15, -0.1) is 0 Å². The predicted octanol–water partition coefficient (Wildman–Crippen LogP) is 2.09. The lowest BCUT2D eigenvalue weighted by molar-refractivity contribution is -0.152. The van der Waals surface area contributed by atoms with Gasteiger partial charge in [0.25, 0.3) is 5.91 Å². The predicted molar refractivity (Wildman–Crippen MR) is 127 cm³/mol. The first-order chi connectivity index (χ1) is 16.1. The highest BCUT2D eigenvalue weighted by atomic mass is 35.5. The maximum absolute atomic E-state index is 13.2. The van der Waals surface area contributed by atoms with Crippen molar-refractivity contribution >= 4 is 63.9 Å². The van der Waals surface area contributed by atoms with E-state index in [1.165, 1.54) is 0 Å². The monoisotopic (exact) mass is 509 g/mol. The van der Waals surface area contributed by atoms with Crippen LogP contribution in [0.3, 0.4) is 0 Å². The molecule has 0 bridgehead atoms. The topological polar surface area (TPSA) is 154 Å². The summed E-state index contributed by atoms with van der Waals surface area (Å²) in [6.45, 7) is 3.28. The number of H-pyrrole nitrogens is 1. The molecule has 0 unspecified atom stereocenters. The van der Waals surface area contributed by atoms with Crippen LogP contribution in [0.1, 0.15) is 32.3 Å². The number of amides is 2. The van der Waals surface area contributed by atoms with Crippen LogP contribution in [-0.2, 0) is 30.3 Å². The summed E-state index contributed by atoms with van der Waals surface area (Å²) >= 11 is 11.3. The summed E-state index contributed by atoms with van der Waals surface area (Å²) in [5, 5.41) is 5.88. The zero-order valence-electron chi connectivity index (χ0n) is 18.6. The number of ether oxygens (including phenoxy) is 1. The van der Waals surface area contributed by atoms with E-state index in [4.69, 9.17) is 33.5 Å². The molecule has 0 saturated heterocycles. The first kappa shape index (κ1) is 27.0. The zero-order valence-corrected chi connectivity index (χ0v) is 20.1. The molecule has 2 rings (SSSR count). The average Bonchev–Trinajstić information content (AvgIpc) is 3.18. The number of aromatic nitrogens is 1. The highest BCUT2D eigenvalue weighted by molar-refractivity contribution is 6.53. The van der Waals surface area contributed by atoms with Crippen molar-refractivity contribution in [3.63, 3.8) is 0 Å². The summed E-state index contributed by atoms with van der Waals surface area (Å²) in [6, 6.07) is 5.11.